The van der Waals surface area contributed by atoms with Crippen molar-refractivity contribution < 1.29 is 24.3 Å². The maximum atomic E-state index is 12.6. The quantitative estimate of drug-likeness (QED) is 0.209. The molecule has 4 heterocycles. The Morgan fingerprint density at radius 3 is 2.87 bits per heavy atom. The molecule has 2 aromatic heterocycles. The molecule has 0 radical (unpaired) electrons. The van der Waals surface area contributed by atoms with E-state index in [-0.39, 0.29) is 28.9 Å². The van der Waals surface area contributed by atoms with Gasteiger partial charge in [0, 0.05) is 23.4 Å². The van der Waals surface area contributed by atoms with E-state index in [4.69, 9.17) is 5.73 Å². The van der Waals surface area contributed by atoms with E-state index < -0.39 is 40.4 Å². The Bertz CT molecular complexity index is 1010. The first kappa shape index (κ1) is 21.0. The van der Waals surface area contributed by atoms with Gasteiger partial charge in [0.1, 0.15) is 26.7 Å². The second-order valence-electron chi connectivity index (χ2n) is 6.63. The van der Waals surface area contributed by atoms with E-state index in [9.17, 15) is 24.3 Å². The minimum Gasteiger partial charge on any atom is -0.481 e. The van der Waals surface area contributed by atoms with Gasteiger partial charge in [-0.3, -0.25) is 19.2 Å². The second kappa shape index (κ2) is 8.13. The first-order valence-electron chi connectivity index (χ1n) is 8.42. The molecule has 0 spiro atoms. The number of rotatable bonds is 7. The lowest BCUT2D eigenvalue weighted by molar-refractivity contribution is -0.157. The number of carbonyl (C=O) groups excluding carboxylic acids is 3. The number of nitrogens with one attached hydrogen (secondary N) is 1. The normalized spacial score (nSPS) is 25.3. The number of hydrogen-bond acceptors (Lipinski definition) is 12. The number of ketones is 1. The van der Waals surface area contributed by atoms with Gasteiger partial charge in [0.05, 0.1) is 6.20 Å². The highest BCUT2D eigenvalue weighted by Gasteiger charge is 2.57. The topological polar surface area (TPSA) is 168 Å². The fourth-order valence-corrected chi connectivity index (χ4v) is 6.88. The fourth-order valence-electron chi connectivity index (χ4n) is 3.05. The summed E-state index contributed by atoms with van der Waals surface area (Å²) in [6.07, 6.45) is 1.57. The van der Waals surface area contributed by atoms with Gasteiger partial charge in [-0.2, -0.15) is 0 Å². The zero-order valence-electron chi connectivity index (χ0n) is 15.0. The fraction of sp³-hybridized carbons (Fsp3) is 0.400. The lowest BCUT2D eigenvalue weighted by atomic mass is 9.89. The Balaban J connectivity index is 1.39. The highest BCUT2D eigenvalue weighted by Crippen LogP contribution is 2.44. The summed E-state index contributed by atoms with van der Waals surface area (Å²) >= 11 is 4.82. The van der Waals surface area contributed by atoms with E-state index in [1.54, 1.807) is 6.20 Å². The zero-order valence-corrected chi connectivity index (χ0v) is 18.3. The standard InChI is InChI=1S/C15H14N6O5S4/c16-14-18-6(2-27-14)9(22)10(23)19-8-11(24)21-3-15(13(25)26,5-29-12(8)21)4-28-7-1-17-20-30-7/h1-2,8,12H,3-5H2,(H2,16,18)(H,19,23)(H,25,26)/t8-,12-,15?/m1/s1. The van der Waals surface area contributed by atoms with E-state index in [0.29, 0.717) is 0 Å². The third kappa shape index (κ3) is 3.77. The summed E-state index contributed by atoms with van der Waals surface area (Å²) in [5, 5.41) is 17.1. The third-order valence-corrected chi connectivity index (χ3v) is 9.06. The summed E-state index contributed by atoms with van der Waals surface area (Å²) < 4.78 is 4.55. The van der Waals surface area contributed by atoms with Crippen molar-refractivity contribution in [2.45, 2.75) is 15.6 Å². The van der Waals surface area contributed by atoms with Crippen LogP contribution >= 0.6 is 46.4 Å². The minimum atomic E-state index is -1.13. The van der Waals surface area contributed by atoms with Gasteiger partial charge in [0.25, 0.3) is 11.7 Å². The zero-order chi connectivity index (χ0) is 21.5. The van der Waals surface area contributed by atoms with Crippen LogP contribution in [0.15, 0.2) is 15.8 Å². The number of nitrogens with two attached hydrogens (primary N) is 1. The summed E-state index contributed by atoms with van der Waals surface area (Å²) in [7, 11) is 0. The van der Waals surface area contributed by atoms with E-state index >= 15 is 0 Å². The first-order valence-corrected chi connectivity index (χ1v) is 12.1. The molecule has 2 aromatic rings. The number of carboxylic acids is 1. The molecular weight excluding hydrogens is 472 g/mol. The summed E-state index contributed by atoms with van der Waals surface area (Å²) in [4.78, 5) is 54.2. The van der Waals surface area contributed by atoms with Crippen LogP contribution < -0.4 is 11.1 Å². The van der Waals surface area contributed by atoms with Gasteiger partial charge in [-0.05, 0) is 11.5 Å². The Kier molecular flexibility index (Phi) is 5.69. The number of fused-ring (bicyclic) bond motifs is 1. The Labute approximate surface area is 186 Å². The van der Waals surface area contributed by atoms with Gasteiger partial charge in [-0.15, -0.1) is 40.0 Å². The van der Waals surface area contributed by atoms with Crippen LogP contribution in [0.3, 0.4) is 0 Å². The number of thioether (sulfide) groups is 2. The van der Waals surface area contributed by atoms with Crippen LogP contribution in [0.1, 0.15) is 10.5 Å². The summed E-state index contributed by atoms with van der Waals surface area (Å²) in [5.41, 5.74) is 4.27. The van der Waals surface area contributed by atoms with Crippen molar-refractivity contribution in [3.8, 4) is 0 Å². The number of carbonyl (C=O) groups is 4. The van der Waals surface area contributed by atoms with Crippen LogP contribution in [0.4, 0.5) is 5.13 Å². The molecule has 2 amide bonds. The smallest absolute Gasteiger partial charge is 0.313 e. The molecule has 2 saturated heterocycles. The average molecular weight is 487 g/mol. The van der Waals surface area contributed by atoms with Gasteiger partial charge >= 0.3 is 5.97 Å². The number of nitrogen functional groups attached to an aromatic ring is 1. The Hall–Kier alpha value is -2.23. The number of hydrogen-bond donors (Lipinski definition) is 3. The van der Waals surface area contributed by atoms with Crippen LogP contribution in [0.2, 0.25) is 0 Å². The number of amides is 2. The van der Waals surface area contributed by atoms with Gasteiger partial charge in [0.15, 0.2) is 5.13 Å². The maximum absolute atomic E-state index is 12.6. The number of Topliss-reactive ketones (excluding diaryl/α,β-unsaturated/α-hetero) is 1. The number of anilines is 1. The van der Waals surface area contributed by atoms with Crippen LogP contribution in [-0.4, -0.2) is 77.6 Å². The van der Waals surface area contributed by atoms with E-state index in [2.05, 4.69) is 19.9 Å². The lowest BCUT2D eigenvalue weighted by Crippen LogP contribution is -2.74. The highest BCUT2D eigenvalue weighted by atomic mass is 32.2. The van der Waals surface area contributed by atoms with Crippen molar-refractivity contribution in [3.05, 3.63) is 17.3 Å². The molecule has 3 atom stereocenters. The molecule has 158 valence electrons. The highest BCUT2D eigenvalue weighted by molar-refractivity contribution is 8.01. The molecule has 0 aliphatic carbocycles. The molecule has 0 bridgehead atoms. The number of β-lactam (4-membered cyclic amide) rings is 1. The van der Waals surface area contributed by atoms with Crippen LogP contribution in [0, 0.1) is 5.41 Å². The Morgan fingerprint density at radius 1 is 1.43 bits per heavy atom. The van der Waals surface area contributed by atoms with Crippen LogP contribution in [0.25, 0.3) is 0 Å². The van der Waals surface area contributed by atoms with E-state index in [1.165, 1.54) is 45.3 Å². The molecule has 11 nitrogen and oxygen atoms in total. The summed E-state index contributed by atoms with van der Waals surface area (Å²) in [6.45, 7) is 0.0288. The minimum absolute atomic E-state index is 0.0288. The average Bonchev–Trinajstić information content (AvgIpc) is 3.41. The Morgan fingerprint density at radius 2 is 2.23 bits per heavy atom. The van der Waals surface area contributed by atoms with E-state index in [1.807, 2.05) is 0 Å². The molecule has 0 aromatic carbocycles. The largest absolute Gasteiger partial charge is 0.481 e. The van der Waals surface area contributed by atoms with Crippen molar-refractivity contribution in [2.24, 2.45) is 5.41 Å². The third-order valence-electron chi connectivity index (χ3n) is 4.68. The molecule has 2 aliphatic heterocycles. The van der Waals surface area contributed by atoms with Crippen LogP contribution in [-0.2, 0) is 14.4 Å². The summed E-state index contributed by atoms with van der Waals surface area (Å²) in [6, 6.07) is -0.882. The number of thiazole rings is 1. The number of nitrogens with zero attached hydrogens (tertiary/aromatic N) is 4. The van der Waals surface area contributed by atoms with Crippen LogP contribution in [0.5, 0.6) is 0 Å². The second-order valence-corrected chi connectivity index (χ2v) is 10.7. The molecular formula is C15H14N6O5S4. The van der Waals surface area contributed by atoms with Crippen molar-refractivity contribution in [1.82, 2.24) is 24.8 Å². The molecule has 4 rings (SSSR count). The maximum Gasteiger partial charge on any atom is 0.313 e. The molecule has 2 fully saturated rings. The molecule has 4 N–H and O–H groups in total. The summed E-state index contributed by atoms with van der Waals surface area (Å²) in [5.74, 6) is -2.70. The van der Waals surface area contributed by atoms with Gasteiger partial charge in [0.2, 0.25) is 5.91 Å². The van der Waals surface area contributed by atoms with Crippen molar-refractivity contribution in [1.29, 1.82) is 0 Å². The van der Waals surface area contributed by atoms with Crippen molar-refractivity contribution in [2.75, 3.05) is 23.8 Å². The number of carboxylic acid groups (broad SMARTS) is 1. The monoisotopic (exact) mass is 486 g/mol. The van der Waals surface area contributed by atoms with Crippen molar-refractivity contribution in [3.63, 3.8) is 0 Å². The molecule has 30 heavy (non-hydrogen) atoms. The molecule has 0 saturated carbocycles. The van der Waals surface area contributed by atoms with Gasteiger partial charge < -0.3 is 21.1 Å². The first-order chi connectivity index (χ1) is 14.3. The van der Waals surface area contributed by atoms with Gasteiger partial charge in [-0.1, -0.05) is 4.49 Å². The molecule has 2 aliphatic rings. The SMILES string of the molecule is Nc1nc(C(=O)C(=O)N[C@@H]2C(=O)N3CC(CSc4cnns4)(C(=O)O)CS[C@H]23)cs1. The number of aromatic nitrogens is 3. The predicted molar refractivity (Wildman–Crippen MR) is 111 cm³/mol. The van der Waals surface area contributed by atoms with Gasteiger partial charge in [-0.25, -0.2) is 4.98 Å². The molecule has 15 heteroatoms. The number of aliphatic carboxylic acids is 1. The van der Waals surface area contributed by atoms with E-state index in [0.717, 1.165) is 15.5 Å². The van der Waals surface area contributed by atoms with Crippen molar-refractivity contribution >= 4 is 75.1 Å². The molecule has 1 unspecified atom stereocenters. The lowest BCUT2D eigenvalue weighted by Gasteiger charge is -2.53. The predicted octanol–water partition coefficient (Wildman–Crippen LogP) is 0.0227.